The summed E-state index contributed by atoms with van der Waals surface area (Å²) in [5.74, 6) is 0. The molecule has 2 unspecified atom stereocenters. The molecule has 1 saturated heterocycles. The normalized spacial score (nSPS) is 21.3. The van der Waals surface area contributed by atoms with Crippen LogP contribution in [0.15, 0.2) is 12.5 Å². The van der Waals surface area contributed by atoms with Crippen molar-refractivity contribution >= 4 is 0 Å². The molecule has 1 N–H and O–H groups in total. The molecule has 0 aliphatic carbocycles. The van der Waals surface area contributed by atoms with Crippen LogP contribution in [0.5, 0.6) is 0 Å². The topological polar surface area (TPSA) is 39.1 Å². The van der Waals surface area contributed by atoms with Crippen molar-refractivity contribution in [2.24, 2.45) is 7.05 Å². The lowest BCUT2D eigenvalue weighted by molar-refractivity contribution is 0.101. The van der Waals surface area contributed by atoms with Gasteiger partial charge in [0.05, 0.1) is 24.2 Å². The Morgan fingerprint density at radius 1 is 1.61 bits per heavy atom. The third-order valence-electron chi connectivity index (χ3n) is 3.58. The van der Waals surface area contributed by atoms with Gasteiger partial charge in [-0.1, -0.05) is 6.92 Å². The van der Waals surface area contributed by atoms with Crippen LogP contribution in [0.2, 0.25) is 0 Å². The van der Waals surface area contributed by atoms with Crippen molar-refractivity contribution in [1.82, 2.24) is 14.9 Å². The van der Waals surface area contributed by atoms with Crippen LogP contribution in [0, 0.1) is 0 Å². The maximum Gasteiger partial charge on any atom is 0.0947 e. The molecule has 0 spiro atoms. The minimum atomic E-state index is 0.387. The first-order chi connectivity index (χ1) is 8.79. The van der Waals surface area contributed by atoms with Crippen molar-refractivity contribution in [1.29, 1.82) is 0 Å². The van der Waals surface area contributed by atoms with Gasteiger partial charge in [-0.25, -0.2) is 4.98 Å². The summed E-state index contributed by atoms with van der Waals surface area (Å²) >= 11 is 0. The molecule has 1 aromatic rings. The van der Waals surface area contributed by atoms with Crippen LogP contribution in [0.4, 0.5) is 0 Å². The summed E-state index contributed by atoms with van der Waals surface area (Å²) in [5.41, 5.74) is 1.16. The van der Waals surface area contributed by atoms with Crippen molar-refractivity contribution in [2.75, 3.05) is 13.2 Å². The van der Waals surface area contributed by atoms with Crippen LogP contribution < -0.4 is 5.32 Å². The Balaban J connectivity index is 1.78. The lowest BCUT2D eigenvalue weighted by atomic mass is 10.0. The molecule has 18 heavy (non-hydrogen) atoms. The third-order valence-corrected chi connectivity index (χ3v) is 3.58. The van der Waals surface area contributed by atoms with Gasteiger partial charge in [0.1, 0.15) is 0 Å². The Kier molecular flexibility index (Phi) is 5.20. The highest BCUT2D eigenvalue weighted by atomic mass is 16.5. The van der Waals surface area contributed by atoms with Crippen molar-refractivity contribution < 1.29 is 4.74 Å². The maximum absolute atomic E-state index is 5.66. The molecule has 0 amide bonds. The smallest absolute Gasteiger partial charge is 0.0947 e. The van der Waals surface area contributed by atoms with E-state index >= 15 is 0 Å². The van der Waals surface area contributed by atoms with Gasteiger partial charge in [-0.3, -0.25) is 0 Å². The summed E-state index contributed by atoms with van der Waals surface area (Å²) in [7, 11) is 2.02. The Morgan fingerprint density at radius 2 is 2.50 bits per heavy atom. The van der Waals surface area contributed by atoms with E-state index in [1.54, 1.807) is 0 Å². The molecule has 1 aliphatic rings. The lowest BCUT2D eigenvalue weighted by Gasteiger charge is -2.16. The van der Waals surface area contributed by atoms with Gasteiger partial charge >= 0.3 is 0 Å². The molecule has 102 valence electrons. The third kappa shape index (κ3) is 3.82. The fourth-order valence-electron chi connectivity index (χ4n) is 2.64. The highest BCUT2D eigenvalue weighted by Gasteiger charge is 2.17. The van der Waals surface area contributed by atoms with E-state index in [1.807, 2.05) is 17.9 Å². The quantitative estimate of drug-likeness (QED) is 0.809. The lowest BCUT2D eigenvalue weighted by Crippen LogP contribution is -2.21. The fourth-order valence-corrected chi connectivity index (χ4v) is 2.64. The summed E-state index contributed by atoms with van der Waals surface area (Å²) < 4.78 is 7.68. The minimum absolute atomic E-state index is 0.387. The second-order valence-electron chi connectivity index (χ2n) is 5.14. The predicted molar refractivity (Wildman–Crippen MR) is 72.5 cm³/mol. The number of imidazole rings is 1. The number of aryl methyl sites for hydroxylation is 1. The van der Waals surface area contributed by atoms with Crippen LogP contribution in [0.1, 0.15) is 50.8 Å². The number of rotatable bonds is 7. The van der Waals surface area contributed by atoms with E-state index in [0.29, 0.717) is 12.1 Å². The van der Waals surface area contributed by atoms with Gasteiger partial charge in [0.15, 0.2) is 0 Å². The SMILES string of the molecule is CCNC(CCCC1CCCO1)c1cn(C)cn1. The predicted octanol–water partition coefficient (Wildman–Crippen LogP) is 2.42. The van der Waals surface area contributed by atoms with Gasteiger partial charge in [-0.15, -0.1) is 0 Å². The number of hydrogen-bond donors (Lipinski definition) is 1. The summed E-state index contributed by atoms with van der Waals surface area (Å²) in [5, 5.41) is 3.52. The van der Waals surface area contributed by atoms with Gasteiger partial charge in [0.2, 0.25) is 0 Å². The summed E-state index contributed by atoms with van der Waals surface area (Å²) in [6.07, 6.45) is 10.5. The van der Waals surface area contributed by atoms with Gasteiger partial charge in [0.25, 0.3) is 0 Å². The molecule has 2 atom stereocenters. The molecule has 4 heteroatoms. The van der Waals surface area contributed by atoms with Gasteiger partial charge < -0.3 is 14.6 Å². The van der Waals surface area contributed by atoms with Crippen LogP contribution in [0.25, 0.3) is 0 Å². The van der Waals surface area contributed by atoms with Crippen LogP contribution >= 0.6 is 0 Å². The molecule has 0 radical (unpaired) electrons. The van der Waals surface area contributed by atoms with Crippen molar-refractivity contribution in [3.05, 3.63) is 18.2 Å². The molecule has 1 aliphatic heterocycles. The average Bonchev–Trinajstić information content (AvgIpc) is 2.99. The number of aromatic nitrogens is 2. The van der Waals surface area contributed by atoms with Crippen molar-refractivity contribution in [3.63, 3.8) is 0 Å². The molecule has 2 rings (SSSR count). The maximum atomic E-state index is 5.66. The molecule has 0 saturated carbocycles. The molecular formula is C14H25N3O. The minimum Gasteiger partial charge on any atom is -0.378 e. The average molecular weight is 251 g/mol. The van der Waals surface area contributed by atoms with E-state index < -0.39 is 0 Å². The fraction of sp³-hybridized carbons (Fsp3) is 0.786. The molecule has 1 aromatic heterocycles. The number of nitrogens with one attached hydrogen (secondary N) is 1. The molecule has 0 bridgehead atoms. The summed E-state index contributed by atoms with van der Waals surface area (Å²) in [6.45, 7) is 4.10. The zero-order valence-electron chi connectivity index (χ0n) is 11.6. The first-order valence-corrected chi connectivity index (χ1v) is 7.12. The zero-order valence-corrected chi connectivity index (χ0v) is 11.6. The second-order valence-corrected chi connectivity index (χ2v) is 5.14. The first-order valence-electron chi connectivity index (χ1n) is 7.12. The highest BCUT2D eigenvalue weighted by Crippen LogP contribution is 2.22. The molecule has 1 fully saturated rings. The number of hydrogen-bond acceptors (Lipinski definition) is 3. The van der Waals surface area contributed by atoms with Crippen molar-refractivity contribution in [2.45, 2.75) is 51.2 Å². The monoisotopic (exact) mass is 251 g/mol. The van der Waals surface area contributed by atoms with Crippen LogP contribution in [-0.2, 0) is 11.8 Å². The van der Waals surface area contributed by atoms with E-state index in [-0.39, 0.29) is 0 Å². The second kappa shape index (κ2) is 6.90. The van der Waals surface area contributed by atoms with E-state index in [2.05, 4.69) is 23.4 Å². The standard InChI is InChI=1S/C14H25N3O/c1-3-15-13(14-10-17(2)11-16-14)8-4-6-12-7-5-9-18-12/h10-13,15H,3-9H2,1-2H3. The first kappa shape index (κ1) is 13.6. The number of ether oxygens (including phenoxy) is 1. The Labute approximate surface area is 110 Å². The van der Waals surface area contributed by atoms with E-state index in [1.165, 1.54) is 25.7 Å². The summed E-state index contributed by atoms with van der Waals surface area (Å²) in [4.78, 5) is 4.45. The van der Waals surface area contributed by atoms with Crippen LogP contribution in [-0.4, -0.2) is 28.8 Å². The van der Waals surface area contributed by atoms with Gasteiger partial charge in [-0.2, -0.15) is 0 Å². The van der Waals surface area contributed by atoms with Gasteiger partial charge in [-0.05, 0) is 38.6 Å². The van der Waals surface area contributed by atoms with Crippen molar-refractivity contribution in [3.8, 4) is 0 Å². The molecular weight excluding hydrogens is 226 g/mol. The van der Waals surface area contributed by atoms with Crippen LogP contribution in [0.3, 0.4) is 0 Å². The molecule has 4 nitrogen and oxygen atoms in total. The van der Waals surface area contributed by atoms with E-state index in [0.717, 1.165) is 25.3 Å². The highest BCUT2D eigenvalue weighted by molar-refractivity contribution is 5.03. The van der Waals surface area contributed by atoms with Gasteiger partial charge in [0, 0.05) is 19.9 Å². The molecule has 2 heterocycles. The van der Waals surface area contributed by atoms with E-state index in [4.69, 9.17) is 4.74 Å². The number of nitrogens with zero attached hydrogens (tertiary/aromatic N) is 2. The summed E-state index contributed by atoms with van der Waals surface area (Å²) in [6, 6.07) is 0.387. The molecule has 0 aromatic carbocycles. The Bertz CT molecular complexity index is 345. The largest absolute Gasteiger partial charge is 0.378 e. The Morgan fingerprint density at radius 3 is 3.11 bits per heavy atom. The van der Waals surface area contributed by atoms with E-state index in [9.17, 15) is 0 Å². The Hall–Kier alpha value is -0.870. The zero-order chi connectivity index (χ0) is 12.8.